The van der Waals surface area contributed by atoms with Crippen LogP contribution in [0.5, 0.6) is 0 Å². The van der Waals surface area contributed by atoms with Crippen molar-refractivity contribution in [2.45, 2.75) is 93.2 Å². The van der Waals surface area contributed by atoms with Gasteiger partial charge in [-0.15, -0.1) is 54.1 Å². The summed E-state index contributed by atoms with van der Waals surface area (Å²) in [4.78, 5) is 9.66. The number of hydrogen-bond donors (Lipinski definition) is 0. The van der Waals surface area contributed by atoms with Gasteiger partial charge in [-0.25, -0.2) is 0 Å². The molecule has 0 aliphatic carbocycles. The van der Waals surface area contributed by atoms with Crippen LogP contribution in [0.4, 0.5) is 0 Å². The Morgan fingerprint density at radius 1 is 0.789 bits per heavy atom. The van der Waals surface area contributed by atoms with Crippen LogP contribution in [0, 0.1) is 24.4 Å². The van der Waals surface area contributed by atoms with Gasteiger partial charge in [0.15, 0.2) is 0 Å². The zero-order chi connectivity index (χ0) is 44.2. The predicted molar refractivity (Wildman–Crippen MR) is 240 cm³/mol. The van der Waals surface area contributed by atoms with E-state index in [-0.39, 0.29) is 25.8 Å². The minimum atomic E-state index is -2.41. The summed E-state index contributed by atoms with van der Waals surface area (Å²) in [7, 11) is -2.22. The van der Waals surface area contributed by atoms with Gasteiger partial charge in [0.1, 0.15) is 5.58 Å². The summed E-state index contributed by atoms with van der Waals surface area (Å²) in [5.41, 5.74) is 9.38. The van der Waals surface area contributed by atoms with Gasteiger partial charge in [-0.3, -0.25) is 4.98 Å². The molecular weight excluding hydrogens is 891 g/mol. The number of para-hydroxylation sites is 4. The number of furan rings is 1. The number of imidazole rings is 1. The largest absolute Gasteiger partial charge is 0.501 e. The molecule has 5 aromatic carbocycles. The summed E-state index contributed by atoms with van der Waals surface area (Å²) in [6.07, 6.45) is -1.71. The average Bonchev–Trinajstić information content (AvgIpc) is 3.78. The van der Waals surface area contributed by atoms with Crippen molar-refractivity contribution < 1.29 is 31.4 Å². The van der Waals surface area contributed by atoms with E-state index in [4.69, 9.17) is 16.3 Å². The number of benzene rings is 5. The quantitative estimate of drug-likeness (QED) is 0.118. The Morgan fingerprint density at radius 3 is 2.12 bits per heavy atom. The Labute approximate surface area is 361 Å². The van der Waals surface area contributed by atoms with Crippen LogP contribution in [-0.4, -0.2) is 22.6 Å². The molecule has 0 atom stereocenters. The zero-order valence-corrected chi connectivity index (χ0v) is 38.0. The van der Waals surface area contributed by atoms with Crippen molar-refractivity contribution in [1.82, 2.24) is 14.5 Å². The average molecular weight is 951 g/mol. The first-order valence-electron chi connectivity index (χ1n) is 22.1. The molecule has 6 heteroatoms. The molecule has 3 heterocycles. The molecule has 0 unspecified atom stereocenters. The molecule has 0 amide bonds. The van der Waals surface area contributed by atoms with Crippen molar-refractivity contribution in [1.29, 1.82) is 0 Å². The van der Waals surface area contributed by atoms with Gasteiger partial charge in [0.2, 0.25) is 0 Å². The standard InChI is InChI=1S/C31H27N2O.C20H28NSi.Ir/c1-19(2)21-12-9-13-22(20(3)4)29(21)33-27-17-7-6-16-26(27)32-31(33)25-15-10-14-24-23-11-5-8-18-28(23)34-30(24)25;1-15-19(22(5,6)7)17(14-20(2,3)4)13-18(21-15)16-11-9-8-10-12-16;/h5-14,16-20H,1-4H3;8-11,13H,14H2,1-7H3;/q2*-1;/i;1D3,14D2;. The van der Waals surface area contributed by atoms with Crippen molar-refractivity contribution in [2.24, 2.45) is 5.41 Å². The Balaban J connectivity index is 0.000000210. The van der Waals surface area contributed by atoms with E-state index in [2.05, 4.69) is 104 Å². The first kappa shape index (κ1) is 35.5. The number of rotatable bonds is 7. The number of hydrogen-bond acceptors (Lipinski definition) is 3. The molecule has 8 aromatic rings. The third-order valence-electron chi connectivity index (χ3n) is 9.95. The molecule has 0 aliphatic rings. The molecule has 0 bridgehead atoms. The molecule has 1 radical (unpaired) electrons. The maximum Gasteiger partial charge on any atom is 0.120 e. The molecule has 0 spiro atoms. The van der Waals surface area contributed by atoms with E-state index in [0.29, 0.717) is 33.8 Å². The van der Waals surface area contributed by atoms with Gasteiger partial charge in [-0.2, -0.15) is 0 Å². The van der Waals surface area contributed by atoms with Gasteiger partial charge in [-0.05, 0) is 70.7 Å². The number of aryl methyl sites for hydroxylation is 1. The minimum absolute atomic E-state index is 0. The summed E-state index contributed by atoms with van der Waals surface area (Å²) in [5, 5.41) is 2.80. The van der Waals surface area contributed by atoms with Gasteiger partial charge in [0.25, 0.3) is 0 Å². The number of pyridine rings is 1. The first-order chi connectivity index (χ1) is 28.6. The van der Waals surface area contributed by atoms with Crippen LogP contribution < -0.4 is 5.19 Å². The SMILES string of the molecule is CC(C)c1cccc(C(C)C)c1-n1c(-c2[c-]ccc3c2oc2ccccc23)nc2ccccc21.[2H]C([2H])([2H])c1nc(-c2[c-]cccc2)cc(C([2H])([2H])C(C)(C)C)c1[Si](C)(C)C.[Ir]. The normalized spacial score (nSPS) is 13.8. The molecule has 4 nitrogen and oxygen atoms in total. The first-order valence-corrected chi connectivity index (χ1v) is 23.1. The van der Waals surface area contributed by atoms with E-state index in [0.717, 1.165) is 44.4 Å². The third kappa shape index (κ3) is 8.65. The van der Waals surface area contributed by atoms with E-state index >= 15 is 0 Å². The van der Waals surface area contributed by atoms with E-state index in [1.165, 1.54) is 16.8 Å². The van der Waals surface area contributed by atoms with E-state index < -0.39 is 26.7 Å². The predicted octanol–water partition coefficient (Wildman–Crippen LogP) is 13.6. The van der Waals surface area contributed by atoms with E-state index in [1.807, 2.05) is 82.9 Å². The molecular formula is C51H55IrN3OSi-2. The Morgan fingerprint density at radius 2 is 1.47 bits per heavy atom. The van der Waals surface area contributed by atoms with Crippen LogP contribution in [0.3, 0.4) is 0 Å². The fourth-order valence-corrected chi connectivity index (χ4v) is 9.25. The summed E-state index contributed by atoms with van der Waals surface area (Å²) in [6, 6.07) is 42.8. The van der Waals surface area contributed by atoms with Crippen LogP contribution in [0.15, 0.2) is 114 Å². The minimum Gasteiger partial charge on any atom is -0.501 e. The maximum atomic E-state index is 8.87. The molecule has 3 aromatic heterocycles. The summed E-state index contributed by atoms with van der Waals surface area (Å²) in [6.45, 7) is 18.2. The number of fused-ring (bicyclic) bond motifs is 4. The van der Waals surface area contributed by atoms with Crippen molar-refractivity contribution in [2.75, 3.05) is 0 Å². The molecule has 0 fully saturated rings. The zero-order valence-electron chi connectivity index (χ0n) is 39.6. The third-order valence-corrected chi connectivity index (χ3v) is 12.0. The number of aromatic nitrogens is 3. The fourth-order valence-electron chi connectivity index (χ4n) is 7.54. The Hall–Kier alpha value is -4.61. The van der Waals surface area contributed by atoms with Crippen LogP contribution in [0.1, 0.15) is 89.5 Å². The monoisotopic (exact) mass is 951 g/mol. The summed E-state index contributed by atoms with van der Waals surface area (Å²) < 4.78 is 50.7. The van der Waals surface area contributed by atoms with Gasteiger partial charge in [0, 0.05) is 43.7 Å². The van der Waals surface area contributed by atoms with Crippen LogP contribution in [-0.2, 0) is 26.5 Å². The topological polar surface area (TPSA) is 43.9 Å². The van der Waals surface area contributed by atoms with Crippen molar-refractivity contribution in [3.8, 4) is 28.3 Å². The molecule has 0 N–H and O–H groups in total. The van der Waals surface area contributed by atoms with Gasteiger partial charge < -0.3 is 14.0 Å². The maximum absolute atomic E-state index is 8.87. The second-order valence-corrected chi connectivity index (χ2v) is 22.2. The Kier molecular flexibility index (Phi) is 10.4. The molecule has 57 heavy (non-hydrogen) atoms. The van der Waals surface area contributed by atoms with Crippen LogP contribution in [0.25, 0.3) is 61.3 Å². The van der Waals surface area contributed by atoms with Crippen molar-refractivity contribution >= 4 is 46.2 Å². The van der Waals surface area contributed by atoms with Crippen molar-refractivity contribution in [3.63, 3.8) is 0 Å². The fraction of sp³-hybridized carbons (Fsp3) is 0.294. The molecule has 0 saturated heterocycles. The van der Waals surface area contributed by atoms with Crippen LogP contribution in [0.2, 0.25) is 19.6 Å². The van der Waals surface area contributed by atoms with Gasteiger partial charge in [0.05, 0.1) is 30.5 Å². The smallest absolute Gasteiger partial charge is 0.120 e. The van der Waals surface area contributed by atoms with Crippen LogP contribution >= 0.6 is 0 Å². The number of nitrogens with zero attached hydrogens (tertiary/aromatic N) is 3. The van der Waals surface area contributed by atoms with Crippen molar-refractivity contribution in [3.05, 3.63) is 144 Å². The second-order valence-electron chi connectivity index (χ2n) is 17.2. The van der Waals surface area contributed by atoms with E-state index in [1.54, 1.807) is 12.1 Å². The Bertz CT molecular complexity index is 2840. The van der Waals surface area contributed by atoms with Gasteiger partial charge >= 0.3 is 0 Å². The summed E-state index contributed by atoms with van der Waals surface area (Å²) >= 11 is 0. The molecule has 0 saturated carbocycles. The summed E-state index contributed by atoms with van der Waals surface area (Å²) in [5.74, 6) is 1.60. The van der Waals surface area contributed by atoms with Gasteiger partial charge in [-0.1, -0.05) is 139 Å². The molecule has 295 valence electrons. The second kappa shape index (κ2) is 16.7. The molecule has 0 aliphatic heterocycles. The molecule has 8 rings (SSSR count). The van der Waals surface area contributed by atoms with E-state index in [9.17, 15) is 0 Å².